The van der Waals surface area contributed by atoms with Crippen molar-refractivity contribution in [1.29, 1.82) is 5.26 Å². The molecule has 1 saturated carbocycles. The zero-order valence-corrected chi connectivity index (χ0v) is 17.8. The van der Waals surface area contributed by atoms with E-state index in [1.807, 2.05) is 18.2 Å². The van der Waals surface area contributed by atoms with Crippen LogP contribution < -0.4 is 5.32 Å². The predicted molar refractivity (Wildman–Crippen MR) is 119 cm³/mol. The van der Waals surface area contributed by atoms with Gasteiger partial charge in [0.15, 0.2) is 17.8 Å². The van der Waals surface area contributed by atoms with Crippen LogP contribution in [0.3, 0.4) is 0 Å². The molecule has 1 N–H and O–H groups in total. The Balaban J connectivity index is 1.35. The summed E-state index contributed by atoms with van der Waals surface area (Å²) >= 11 is 1.16. The topological polar surface area (TPSA) is 135 Å². The van der Waals surface area contributed by atoms with Crippen LogP contribution in [-0.2, 0) is 0 Å². The first kappa shape index (κ1) is 19.3. The molecule has 0 unspecified atom stereocenters. The first-order valence-corrected chi connectivity index (χ1v) is 10.9. The summed E-state index contributed by atoms with van der Waals surface area (Å²) < 4.78 is 10.2. The number of hydrogen-bond acceptors (Lipinski definition) is 9. The molecule has 160 valence electrons. The number of benzene rings is 1. The minimum atomic E-state index is -0.291. The number of rotatable bonds is 5. The highest BCUT2D eigenvalue weighted by molar-refractivity contribution is 7.08. The quantitative estimate of drug-likeness (QED) is 0.422. The van der Waals surface area contributed by atoms with Gasteiger partial charge in [-0.2, -0.15) is 19.8 Å². The Morgan fingerprint density at radius 1 is 1.24 bits per heavy atom. The van der Waals surface area contributed by atoms with E-state index in [9.17, 15) is 10.1 Å². The third-order valence-corrected chi connectivity index (χ3v) is 6.25. The molecule has 1 aromatic carbocycles. The van der Waals surface area contributed by atoms with E-state index in [4.69, 9.17) is 4.42 Å². The van der Waals surface area contributed by atoms with Crippen LogP contribution in [-0.4, -0.2) is 35.2 Å². The van der Waals surface area contributed by atoms with Gasteiger partial charge < -0.3 is 9.73 Å². The van der Waals surface area contributed by atoms with E-state index in [0.29, 0.717) is 22.0 Å². The number of hydrogen-bond donors (Lipinski definition) is 1. The van der Waals surface area contributed by atoms with Crippen molar-refractivity contribution in [2.45, 2.75) is 18.8 Å². The van der Waals surface area contributed by atoms with Crippen LogP contribution in [0.5, 0.6) is 0 Å². The lowest BCUT2D eigenvalue weighted by molar-refractivity contribution is 0.102. The highest BCUT2D eigenvalue weighted by atomic mass is 32.1. The third-order valence-electron chi connectivity index (χ3n) is 5.38. The predicted octanol–water partition coefficient (Wildman–Crippen LogP) is 3.93. The molecule has 1 aliphatic rings. The van der Waals surface area contributed by atoms with Gasteiger partial charge >= 0.3 is 0 Å². The number of carbonyl (C=O) groups excluding carboxylic acids is 1. The van der Waals surface area contributed by atoms with E-state index in [2.05, 4.69) is 35.9 Å². The lowest BCUT2D eigenvalue weighted by atomic mass is 10.0. The zero-order valence-electron chi connectivity index (χ0n) is 17.0. The number of aromatic nitrogens is 6. The summed E-state index contributed by atoms with van der Waals surface area (Å²) in [5, 5.41) is 20.4. The van der Waals surface area contributed by atoms with E-state index in [-0.39, 0.29) is 17.4 Å². The van der Waals surface area contributed by atoms with Crippen molar-refractivity contribution >= 4 is 34.2 Å². The zero-order chi connectivity index (χ0) is 22.4. The minimum absolute atomic E-state index is 0.244. The van der Waals surface area contributed by atoms with Crippen molar-refractivity contribution in [3.63, 3.8) is 0 Å². The Morgan fingerprint density at radius 2 is 2.09 bits per heavy atom. The molecule has 33 heavy (non-hydrogen) atoms. The van der Waals surface area contributed by atoms with Gasteiger partial charge in [0.1, 0.15) is 22.0 Å². The molecule has 4 aromatic heterocycles. The van der Waals surface area contributed by atoms with Gasteiger partial charge in [0.05, 0.1) is 30.0 Å². The Bertz CT molecular complexity index is 1540. The molecule has 10 nitrogen and oxygen atoms in total. The number of nitrogens with zero attached hydrogens (tertiary/aromatic N) is 7. The Labute approximate surface area is 190 Å². The van der Waals surface area contributed by atoms with Crippen LogP contribution in [0.25, 0.3) is 28.2 Å². The second-order valence-corrected chi connectivity index (χ2v) is 8.31. The molecule has 5 aromatic rings. The van der Waals surface area contributed by atoms with E-state index < -0.39 is 0 Å². The number of nitrogens with one attached hydrogen (secondary N) is 1. The minimum Gasteiger partial charge on any atom is -0.443 e. The van der Waals surface area contributed by atoms with Gasteiger partial charge in [0.25, 0.3) is 5.91 Å². The van der Waals surface area contributed by atoms with Crippen molar-refractivity contribution in [1.82, 2.24) is 29.3 Å². The fourth-order valence-corrected chi connectivity index (χ4v) is 4.63. The maximum Gasteiger partial charge on any atom is 0.267 e. The fraction of sp³-hybridized carbons (Fsp3) is 0.136. The van der Waals surface area contributed by atoms with Crippen LogP contribution in [0, 0.1) is 11.3 Å². The molecule has 4 heterocycles. The summed E-state index contributed by atoms with van der Waals surface area (Å²) in [6, 6.07) is 9.34. The Kier molecular flexibility index (Phi) is 4.44. The first-order valence-electron chi connectivity index (χ1n) is 10.1. The largest absolute Gasteiger partial charge is 0.443 e. The molecule has 0 aliphatic heterocycles. The fourth-order valence-electron chi connectivity index (χ4n) is 3.76. The summed E-state index contributed by atoms with van der Waals surface area (Å²) in [5.41, 5.74) is 4.55. The summed E-state index contributed by atoms with van der Waals surface area (Å²) in [5.74, 6) is 0.277. The summed E-state index contributed by atoms with van der Waals surface area (Å²) in [7, 11) is 0. The first-order chi connectivity index (χ1) is 16.2. The lowest BCUT2D eigenvalue weighted by Gasteiger charge is -2.08. The van der Waals surface area contributed by atoms with Gasteiger partial charge in [-0.1, -0.05) is 6.07 Å². The highest BCUT2D eigenvalue weighted by Crippen LogP contribution is 2.48. The number of carbonyl (C=O) groups is 1. The van der Waals surface area contributed by atoms with Crippen LogP contribution in [0.4, 0.5) is 5.69 Å². The lowest BCUT2D eigenvalue weighted by Crippen LogP contribution is -2.13. The van der Waals surface area contributed by atoms with Crippen LogP contribution >= 0.6 is 11.5 Å². The van der Waals surface area contributed by atoms with Crippen LogP contribution in [0.15, 0.2) is 53.7 Å². The smallest absolute Gasteiger partial charge is 0.267 e. The Hall–Kier alpha value is -4.43. The molecule has 11 heteroatoms. The second-order valence-electron chi connectivity index (χ2n) is 7.53. The molecule has 0 bridgehead atoms. The number of para-hydroxylation sites is 1. The van der Waals surface area contributed by atoms with Gasteiger partial charge in [0, 0.05) is 11.1 Å². The second kappa shape index (κ2) is 7.61. The molecule has 0 spiro atoms. The highest BCUT2D eigenvalue weighted by Gasteiger charge is 2.34. The number of amides is 1. The van der Waals surface area contributed by atoms with E-state index in [0.717, 1.165) is 46.7 Å². The van der Waals surface area contributed by atoms with E-state index >= 15 is 0 Å². The normalized spacial score (nSPS) is 13.2. The molecule has 0 saturated heterocycles. The maximum absolute atomic E-state index is 13.2. The molecular weight excluding hydrogens is 440 g/mol. The van der Waals surface area contributed by atoms with Crippen molar-refractivity contribution in [2.24, 2.45) is 0 Å². The Morgan fingerprint density at radius 3 is 2.88 bits per heavy atom. The number of anilines is 1. The monoisotopic (exact) mass is 454 g/mol. The average molecular weight is 454 g/mol. The molecule has 1 fully saturated rings. The maximum atomic E-state index is 13.2. The van der Waals surface area contributed by atoms with Crippen molar-refractivity contribution in [3.05, 3.63) is 65.3 Å². The molecule has 0 radical (unpaired) electrons. The van der Waals surface area contributed by atoms with Crippen molar-refractivity contribution in [3.8, 4) is 23.1 Å². The van der Waals surface area contributed by atoms with Gasteiger partial charge in [-0.05, 0) is 48.5 Å². The number of pyridine rings is 1. The van der Waals surface area contributed by atoms with Gasteiger partial charge in [-0.3, -0.25) is 4.79 Å². The molecule has 6 rings (SSSR count). The molecule has 1 amide bonds. The molecule has 0 atom stereocenters. The summed E-state index contributed by atoms with van der Waals surface area (Å²) in [6.45, 7) is 0. The standard InChI is InChI=1S/C22H14N8O2S/c23-9-13-8-14(10-24-21(13)30-26-6-7-27-30)28-22(31)20-17(12-4-5-12)18(29-33-20)15-2-1-3-16-19(15)32-11-25-16/h1-3,6-8,10-12H,4-5H2,(H,28,31). The van der Waals surface area contributed by atoms with Crippen LogP contribution in [0.1, 0.15) is 39.6 Å². The van der Waals surface area contributed by atoms with Gasteiger partial charge in [-0.25, -0.2) is 9.97 Å². The van der Waals surface area contributed by atoms with Crippen LogP contribution in [0.2, 0.25) is 0 Å². The third kappa shape index (κ3) is 3.33. The van der Waals surface area contributed by atoms with Crippen molar-refractivity contribution in [2.75, 3.05) is 5.32 Å². The SMILES string of the molecule is N#Cc1cc(NC(=O)c2snc(-c3cccc4ncoc34)c2C2CC2)cnc1-n1nccn1. The van der Waals surface area contributed by atoms with Crippen molar-refractivity contribution < 1.29 is 9.21 Å². The molecule has 1 aliphatic carbocycles. The van der Waals surface area contributed by atoms with Gasteiger partial charge in [0.2, 0.25) is 0 Å². The number of nitriles is 1. The summed E-state index contributed by atoms with van der Waals surface area (Å²) in [6.07, 6.45) is 7.89. The van der Waals surface area contributed by atoms with Gasteiger partial charge in [-0.15, -0.1) is 4.80 Å². The number of oxazole rings is 1. The molecular formula is C22H14N8O2S. The average Bonchev–Trinajstić information content (AvgIpc) is 3.25. The number of fused-ring (bicyclic) bond motifs is 1. The van der Waals surface area contributed by atoms with E-state index in [1.54, 1.807) is 6.07 Å². The summed E-state index contributed by atoms with van der Waals surface area (Å²) in [4.78, 5) is 23.5. The van der Waals surface area contributed by atoms with E-state index in [1.165, 1.54) is 29.8 Å².